The van der Waals surface area contributed by atoms with Crippen molar-refractivity contribution in [2.75, 3.05) is 6.61 Å². The summed E-state index contributed by atoms with van der Waals surface area (Å²) in [7, 11) is 0. The molecule has 0 fully saturated rings. The van der Waals surface area contributed by atoms with Crippen molar-refractivity contribution < 1.29 is 14.6 Å². The lowest BCUT2D eigenvalue weighted by molar-refractivity contribution is -0.139. The average molecular weight is 193 g/mol. The molecule has 1 N–H and O–H groups in total. The fourth-order valence-electron chi connectivity index (χ4n) is 1.07. The summed E-state index contributed by atoms with van der Waals surface area (Å²) in [6.45, 7) is -0.405. The number of aliphatic carboxylic acids is 1. The van der Waals surface area contributed by atoms with Gasteiger partial charge in [0.1, 0.15) is 5.52 Å². The summed E-state index contributed by atoms with van der Waals surface area (Å²) in [5, 5.41) is 12.4. The van der Waals surface area contributed by atoms with Crippen molar-refractivity contribution in [3.63, 3.8) is 0 Å². The van der Waals surface area contributed by atoms with Crippen LogP contribution < -0.4 is 4.74 Å². The fraction of sp³-hybridized carbons (Fsp3) is 0.125. The highest BCUT2D eigenvalue weighted by Gasteiger charge is 2.05. The molecule has 0 unspecified atom stereocenters. The molecule has 0 aromatic carbocycles. The Morgan fingerprint density at radius 3 is 3.21 bits per heavy atom. The molecule has 0 saturated heterocycles. The highest BCUT2D eigenvalue weighted by molar-refractivity contribution is 5.69. The minimum Gasteiger partial charge on any atom is -0.479 e. The van der Waals surface area contributed by atoms with E-state index in [0.29, 0.717) is 5.52 Å². The summed E-state index contributed by atoms with van der Waals surface area (Å²) < 4.78 is 6.53. The molecular weight excluding hydrogens is 186 g/mol. The molecule has 0 spiro atoms. The van der Waals surface area contributed by atoms with Gasteiger partial charge in [-0.1, -0.05) is 0 Å². The molecule has 6 heteroatoms. The maximum atomic E-state index is 10.3. The van der Waals surface area contributed by atoms with E-state index in [-0.39, 0.29) is 5.88 Å². The summed E-state index contributed by atoms with van der Waals surface area (Å²) in [5.74, 6) is -0.763. The van der Waals surface area contributed by atoms with E-state index in [4.69, 9.17) is 9.84 Å². The number of carboxylic acid groups (broad SMARTS) is 1. The summed E-state index contributed by atoms with van der Waals surface area (Å²) in [6, 6.07) is 1.70. The topological polar surface area (TPSA) is 76.7 Å². The van der Waals surface area contributed by atoms with Gasteiger partial charge in [-0.15, -0.1) is 0 Å². The van der Waals surface area contributed by atoms with E-state index >= 15 is 0 Å². The van der Waals surface area contributed by atoms with Crippen molar-refractivity contribution in [3.8, 4) is 5.88 Å². The minimum absolute atomic E-state index is 0.271. The van der Waals surface area contributed by atoms with Crippen molar-refractivity contribution in [3.05, 3.63) is 24.7 Å². The first kappa shape index (κ1) is 8.49. The Bertz CT molecular complexity index is 466. The van der Waals surface area contributed by atoms with Crippen LogP contribution in [-0.4, -0.2) is 32.3 Å². The maximum Gasteiger partial charge on any atom is 0.341 e. The first-order valence-electron chi connectivity index (χ1n) is 3.90. The molecular formula is C8H7N3O3. The van der Waals surface area contributed by atoms with Crippen LogP contribution in [-0.2, 0) is 4.79 Å². The Labute approximate surface area is 78.8 Å². The van der Waals surface area contributed by atoms with Crippen LogP contribution in [0.4, 0.5) is 0 Å². The number of hydrogen-bond donors (Lipinski definition) is 1. The van der Waals surface area contributed by atoms with E-state index in [0.717, 1.165) is 0 Å². The van der Waals surface area contributed by atoms with Gasteiger partial charge in [0, 0.05) is 12.4 Å². The molecule has 6 nitrogen and oxygen atoms in total. The predicted molar refractivity (Wildman–Crippen MR) is 46.1 cm³/mol. The van der Waals surface area contributed by atoms with E-state index in [9.17, 15) is 4.79 Å². The van der Waals surface area contributed by atoms with E-state index in [1.54, 1.807) is 23.0 Å². The average Bonchev–Trinajstić information content (AvgIpc) is 2.62. The number of carbonyl (C=O) groups is 1. The fourth-order valence-corrected chi connectivity index (χ4v) is 1.07. The molecule has 0 amide bonds. The van der Waals surface area contributed by atoms with Crippen molar-refractivity contribution in [1.82, 2.24) is 14.6 Å². The molecule has 2 heterocycles. The number of ether oxygens (including phenoxy) is 1. The summed E-state index contributed by atoms with van der Waals surface area (Å²) in [6.07, 6.45) is 4.74. The SMILES string of the molecule is O=C(O)COc1nccn2nccc12. The van der Waals surface area contributed by atoms with Gasteiger partial charge in [0.05, 0.1) is 6.20 Å². The molecule has 0 aliphatic carbocycles. The van der Waals surface area contributed by atoms with Crippen LogP contribution in [0.15, 0.2) is 24.7 Å². The van der Waals surface area contributed by atoms with E-state index in [2.05, 4.69) is 10.1 Å². The highest BCUT2D eigenvalue weighted by Crippen LogP contribution is 2.14. The summed E-state index contributed by atoms with van der Waals surface area (Å²) >= 11 is 0. The quantitative estimate of drug-likeness (QED) is 0.753. The monoisotopic (exact) mass is 193 g/mol. The zero-order chi connectivity index (χ0) is 9.97. The summed E-state index contributed by atoms with van der Waals surface area (Å²) in [4.78, 5) is 14.2. The highest BCUT2D eigenvalue weighted by atomic mass is 16.5. The van der Waals surface area contributed by atoms with Crippen LogP contribution in [0.2, 0.25) is 0 Å². The molecule has 2 aromatic rings. The van der Waals surface area contributed by atoms with Gasteiger partial charge in [0.2, 0.25) is 5.88 Å². The Balaban J connectivity index is 2.32. The molecule has 0 atom stereocenters. The van der Waals surface area contributed by atoms with Gasteiger partial charge in [-0.2, -0.15) is 5.10 Å². The molecule has 0 aliphatic heterocycles. The third-order valence-corrected chi connectivity index (χ3v) is 1.62. The Morgan fingerprint density at radius 1 is 1.57 bits per heavy atom. The van der Waals surface area contributed by atoms with Crippen molar-refractivity contribution in [1.29, 1.82) is 0 Å². The first-order valence-corrected chi connectivity index (χ1v) is 3.90. The Hall–Kier alpha value is -2.11. The summed E-state index contributed by atoms with van der Waals surface area (Å²) in [5.41, 5.74) is 0.647. The second kappa shape index (κ2) is 3.33. The number of carboxylic acids is 1. The zero-order valence-electron chi connectivity index (χ0n) is 7.12. The van der Waals surface area contributed by atoms with Crippen molar-refractivity contribution in [2.45, 2.75) is 0 Å². The molecule has 2 aromatic heterocycles. The third kappa shape index (κ3) is 1.49. The van der Waals surface area contributed by atoms with E-state index < -0.39 is 12.6 Å². The largest absolute Gasteiger partial charge is 0.479 e. The molecule has 0 radical (unpaired) electrons. The second-order valence-electron chi connectivity index (χ2n) is 2.58. The number of aromatic nitrogens is 3. The molecule has 72 valence electrons. The van der Waals surface area contributed by atoms with Crippen LogP contribution in [0.25, 0.3) is 5.52 Å². The van der Waals surface area contributed by atoms with Gasteiger partial charge >= 0.3 is 5.97 Å². The predicted octanol–water partition coefficient (Wildman–Crippen LogP) is 0.193. The number of hydrogen-bond acceptors (Lipinski definition) is 4. The van der Waals surface area contributed by atoms with Gasteiger partial charge < -0.3 is 9.84 Å². The minimum atomic E-state index is -1.03. The molecule has 0 saturated carbocycles. The van der Waals surface area contributed by atoms with Crippen molar-refractivity contribution >= 4 is 11.5 Å². The molecule has 14 heavy (non-hydrogen) atoms. The number of fused-ring (bicyclic) bond motifs is 1. The van der Waals surface area contributed by atoms with Crippen LogP contribution in [0.3, 0.4) is 0 Å². The lowest BCUT2D eigenvalue weighted by Gasteiger charge is -2.02. The normalized spacial score (nSPS) is 10.3. The zero-order valence-corrected chi connectivity index (χ0v) is 7.12. The standard InChI is InChI=1S/C8H7N3O3/c12-7(13)5-14-8-6-1-2-10-11(6)4-3-9-8/h1-4H,5H2,(H,12,13). The van der Waals surface area contributed by atoms with Crippen LogP contribution in [0.1, 0.15) is 0 Å². The molecule has 2 rings (SSSR count). The van der Waals surface area contributed by atoms with Crippen LogP contribution in [0, 0.1) is 0 Å². The first-order chi connectivity index (χ1) is 6.77. The lowest BCUT2D eigenvalue weighted by Crippen LogP contribution is -2.10. The van der Waals surface area contributed by atoms with E-state index in [1.807, 2.05) is 0 Å². The van der Waals surface area contributed by atoms with Crippen molar-refractivity contribution in [2.24, 2.45) is 0 Å². The van der Waals surface area contributed by atoms with Gasteiger partial charge in [-0.25, -0.2) is 14.3 Å². The van der Waals surface area contributed by atoms with Gasteiger partial charge in [-0.3, -0.25) is 0 Å². The molecule has 0 aliphatic rings. The smallest absolute Gasteiger partial charge is 0.341 e. The number of nitrogens with zero attached hydrogens (tertiary/aromatic N) is 3. The second-order valence-corrected chi connectivity index (χ2v) is 2.58. The van der Waals surface area contributed by atoms with Gasteiger partial charge in [0.25, 0.3) is 0 Å². The number of rotatable bonds is 3. The van der Waals surface area contributed by atoms with Gasteiger partial charge in [-0.05, 0) is 6.07 Å². The lowest BCUT2D eigenvalue weighted by atomic mass is 10.5. The Morgan fingerprint density at radius 2 is 2.43 bits per heavy atom. The van der Waals surface area contributed by atoms with Crippen LogP contribution >= 0.6 is 0 Å². The van der Waals surface area contributed by atoms with Gasteiger partial charge in [0.15, 0.2) is 6.61 Å². The Kier molecular flexibility index (Phi) is 2.02. The molecule has 0 bridgehead atoms. The maximum absolute atomic E-state index is 10.3. The van der Waals surface area contributed by atoms with E-state index in [1.165, 1.54) is 6.20 Å². The van der Waals surface area contributed by atoms with Crippen LogP contribution in [0.5, 0.6) is 5.88 Å². The third-order valence-electron chi connectivity index (χ3n) is 1.62.